The van der Waals surface area contributed by atoms with Crippen LogP contribution >= 0.6 is 11.6 Å². The zero-order chi connectivity index (χ0) is 12.0. The SMILES string of the molecule is CS(=O)(=O)N1CCCC(CNCCCCl)C1. The lowest BCUT2D eigenvalue weighted by molar-refractivity contribution is 0.261. The Morgan fingerprint density at radius 2 is 2.25 bits per heavy atom. The maximum absolute atomic E-state index is 11.4. The van der Waals surface area contributed by atoms with Crippen molar-refractivity contribution in [2.24, 2.45) is 5.92 Å². The standard InChI is InChI=1S/C10H21ClN2O2S/c1-16(14,15)13-7-2-4-10(9-13)8-12-6-3-5-11/h10,12H,2-9H2,1H3. The van der Waals surface area contributed by atoms with Gasteiger partial charge in [-0.1, -0.05) is 0 Å². The molecule has 0 spiro atoms. The molecule has 6 heteroatoms. The number of halogens is 1. The van der Waals surface area contributed by atoms with E-state index in [-0.39, 0.29) is 0 Å². The minimum Gasteiger partial charge on any atom is -0.316 e. The smallest absolute Gasteiger partial charge is 0.211 e. The molecule has 0 aromatic carbocycles. The average molecular weight is 269 g/mol. The molecule has 4 nitrogen and oxygen atoms in total. The molecule has 1 atom stereocenters. The highest BCUT2D eigenvalue weighted by atomic mass is 35.5. The molecule has 1 saturated heterocycles. The highest BCUT2D eigenvalue weighted by Gasteiger charge is 2.25. The van der Waals surface area contributed by atoms with E-state index in [4.69, 9.17) is 11.6 Å². The van der Waals surface area contributed by atoms with E-state index in [1.807, 2.05) is 0 Å². The molecule has 96 valence electrons. The molecule has 1 fully saturated rings. The molecule has 1 rings (SSSR count). The molecule has 0 amide bonds. The second kappa shape index (κ2) is 6.79. The van der Waals surface area contributed by atoms with E-state index in [1.165, 1.54) is 6.26 Å². The monoisotopic (exact) mass is 268 g/mol. The molecule has 0 aliphatic carbocycles. The molecule has 0 aromatic rings. The maximum Gasteiger partial charge on any atom is 0.211 e. The summed E-state index contributed by atoms with van der Waals surface area (Å²) in [6.07, 6.45) is 4.33. The number of alkyl halides is 1. The van der Waals surface area contributed by atoms with Crippen LogP contribution in [-0.2, 0) is 10.0 Å². The molecule has 1 aliphatic heterocycles. The molecule has 1 aliphatic rings. The summed E-state index contributed by atoms with van der Waals surface area (Å²) in [5.41, 5.74) is 0. The summed E-state index contributed by atoms with van der Waals surface area (Å²) in [5, 5.41) is 3.32. The van der Waals surface area contributed by atoms with Crippen molar-refractivity contribution in [2.45, 2.75) is 19.3 Å². The third kappa shape index (κ3) is 4.99. The molecule has 0 aromatic heterocycles. The van der Waals surface area contributed by atoms with Crippen molar-refractivity contribution in [2.75, 3.05) is 38.3 Å². The fourth-order valence-corrected chi connectivity index (χ4v) is 3.07. The first-order valence-corrected chi connectivity index (χ1v) is 8.14. The number of nitrogens with zero attached hydrogens (tertiary/aromatic N) is 1. The predicted molar refractivity (Wildman–Crippen MR) is 67.3 cm³/mol. The first kappa shape index (κ1) is 14.2. The van der Waals surface area contributed by atoms with Gasteiger partial charge >= 0.3 is 0 Å². The van der Waals surface area contributed by atoms with E-state index in [2.05, 4.69) is 5.32 Å². The Kier molecular flexibility index (Phi) is 6.03. The van der Waals surface area contributed by atoms with E-state index in [9.17, 15) is 8.42 Å². The summed E-state index contributed by atoms with van der Waals surface area (Å²) in [4.78, 5) is 0. The number of nitrogens with one attached hydrogen (secondary N) is 1. The van der Waals surface area contributed by atoms with Crippen LogP contribution in [0.3, 0.4) is 0 Å². The van der Waals surface area contributed by atoms with E-state index in [0.29, 0.717) is 24.9 Å². The fraction of sp³-hybridized carbons (Fsp3) is 1.00. The minimum atomic E-state index is -3.01. The van der Waals surface area contributed by atoms with Crippen LogP contribution in [0.5, 0.6) is 0 Å². The topological polar surface area (TPSA) is 49.4 Å². The van der Waals surface area contributed by atoms with Gasteiger partial charge < -0.3 is 5.32 Å². The summed E-state index contributed by atoms with van der Waals surface area (Å²) in [6.45, 7) is 3.14. The first-order valence-electron chi connectivity index (χ1n) is 5.76. The zero-order valence-electron chi connectivity index (χ0n) is 9.78. The molecular weight excluding hydrogens is 248 g/mol. The van der Waals surface area contributed by atoms with Gasteiger partial charge in [0.05, 0.1) is 6.26 Å². The van der Waals surface area contributed by atoms with Gasteiger partial charge in [-0.05, 0) is 38.3 Å². The summed E-state index contributed by atoms with van der Waals surface area (Å²) < 4.78 is 24.4. The highest BCUT2D eigenvalue weighted by molar-refractivity contribution is 7.88. The van der Waals surface area contributed by atoms with Crippen LogP contribution in [0, 0.1) is 5.92 Å². The van der Waals surface area contributed by atoms with Crippen molar-refractivity contribution in [1.82, 2.24) is 9.62 Å². The van der Waals surface area contributed by atoms with Crippen molar-refractivity contribution in [3.63, 3.8) is 0 Å². The second-order valence-electron chi connectivity index (χ2n) is 4.38. The maximum atomic E-state index is 11.4. The van der Waals surface area contributed by atoms with Crippen LogP contribution in [0.25, 0.3) is 0 Å². The van der Waals surface area contributed by atoms with Gasteiger partial charge in [0.25, 0.3) is 0 Å². The summed E-state index contributed by atoms with van der Waals surface area (Å²) >= 11 is 5.58. The Morgan fingerprint density at radius 3 is 2.88 bits per heavy atom. The number of rotatable bonds is 6. The molecule has 0 saturated carbocycles. The van der Waals surface area contributed by atoms with Crippen LogP contribution in [-0.4, -0.2) is 51.0 Å². The van der Waals surface area contributed by atoms with Gasteiger partial charge in [0.15, 0.2) is 0 Å². The summed E-state index contributed by atoms with van der Waals surface area (Å²) in [7, 11) is -3.01. The van der Waals surface area contributed by atoms with Crippen molar-refractivity contribution >= 4 is 21.6 Å². The molecule has 0 bridgehead atoms. The van der Waals surface area contributed by atoms with Crippen LogP contribution in [0.1, 0.15) is 19.3 Å². The average Bonchev–Trinajstić information content (AvgIpc) is 2.24. The van der Waals surface area contributed by atoms with Crippen LogP contribution in [0.15, 0.2) is 0 Å². The van der Waals surface area contributed by atoms with Crippen molar-refractivity contribution in [3.8, 4) is 0 Å². The van der Waals surface area contributed by atoms with Gasteiger partial charge in [0, 0.05) is 19.0 Å². The Labute approximate surface area is 103 Å². The molecule has 1 heterocycles. The number of sulfonamides is 1. The normalized spacial score (nSPS) is 23.5. The van der Waals surface area contributed by atoms with Gasteiger partial charge in [0.1, 0.15) is 0 Å². The van der Waals surface area contributed by atoms with Crippen LogP contribution in [0.2, 0.25) is 0 Å². The van der Waals surface area contributed by atoms with Crippen LogP contribution in [0.4, 0.5) is 0 Å². The fourth-order valence-electron chi connectivity index (χ4n) is 1.99. The van der Waals surface area contributed by atoms with Gasteiger partial charge in [0.2, 0.25) is 10.0 Å². The Bertz CT molecular complexity index is 295. The predicted octanol–water partition coefficient (Wildman–Crippen LogP) is 0.876. The van der Waals surface area contributed by atoms with E-state index in [0.717, 1.165) is 32.4 Å². The Hall–Kier alpha value is 0.160. The van der Waals surface area contributed by atoms with Gasteiger partial charge in [-0.15, -0.1) is 11.6 Å². The molecule has 1 unspecified atom stereocenters. The molecule has 0 radical (unpaired) electrons. The highest BCUT2D eigenvalue weighted by Crippen LogP contribution is 2.17. The van der Waals surface area contributed by atoms with E-state index >= 15 is 0 Å². The largest absolute Gasteiger partial charge is 0.316 e. The van der Waals surface area contributed by atoms with Crippen molar-refractivity contribution in [1.29, 1.82) is 0 Å². The number of hydrogen-bond acceptors (Lipinski definition) is 3. The van der Waals surface area contributed by atoms with Crippen LogP contribution < -0.4 is 5.32 Å². The number of hydrogen-bond donors (Lipinski definition) is 1. The quantitative estimate of drug-likeness (QED) is 0.575. The zero-order valence-corrected chi connectivity index (χ0v) is 11.4. The summed E-state index contributed by atoms with van der Waals surface area (Å²) in [5.74, 6) is 1.12. The van der Waals surface area contributed by atoms with Gasteiger partial charge in [-0.25, -0.2) is 12.7 Å². The van der Waals surface area contributed by atoms with Crippen molar-refractivity contribution in [3.05, 3.63) is 0 Å². The molecule has 16 heavy (non-hydrogen) atoms. The van der Waals surface area contributed by atoms with E-state index in [1.54, 1.807) is 4.31 Å². The lowest BCUT2D eigenvalue weighted by atomic mass is 10.00. The third-order valence-corrected chi connectivity index (χ3v) is 4.41. The Morgan fingerprint density at radius 1 is 1.50 bits per heavy atom. The third-order valence-electron chi connectivity index (χ3n) is 2.87. The molecular formula is C10H21ClN2O2S. The first-order chi connectivity index (χ1) is 7.54. The van der Waals surface area contributed by atoms with Gasteiger partial charge in [-0.3, -0.25) is 0 Å². The molecule has 1 N–H and O–H groups in total. The second-order valence-corrected chi connectivity index (χ2v) is 6.74. The summed E-state index contributed by atoms with van der Waals surface area (Å²) in [6, 6.07) is 0. The lowest BCUT2D eigenvalue weighted by Crippen LogP contribution is -2.42. The van der Waals surface area contributed by atoms with Crippen molar-refractivity contribution < 1.29 is 8.42 Å². The van der Waals surface area contributed by atoms with Gasteiger partial charge in [-0.2, -0.15) is 0 Å². The van der Waals surface area contributed by atoms with E-state index < -0.39 is 10.0 Å². The lowest BCUT2D eigenvalue weighted by Gasteiger charge is -2.31. The number of piperidine rings is 1. The Balaban J connectivity index is 2.28. The minimum absolute atomic E-state index is 0.443.